The van der Waals surface area contributed by atoms with Gasteiger partial charge in [0.1, 0.15) is 23.1 Å². The van der Waals surface area contributed by atoms with Crippen molar-refractivity contribution in [3.05, 3.63) is 101 Å². The van der Waals surface area contributed by atoms with Crippen LogP contribution in [0.1, 0.15) is 55.8 Å². The van der Waals surface area contributed by atoms with E-state index >= 15 is 0 Å². The van der Waals surface area contributed by atoms with E-state index in [1.807, 2.05) is 13.0 Å². The molecule has 1 amide bonds. The Morgan fingerprint density at radius 1 is 0.977 bits per heavy atom. The molecule has 0 bridgehead atoms. The van der Waals surface area contributed by atoms with Gasteiger partial charge < -0.3 is 14.6 Å². The molecule has 1 unspecified atom stereocenters. The topological polar surface area (TPSA) is 102 Å². The number of unbranched alkanes of at least 4 members (excludes halogenated alkanes) is 2. The summed E-state index contributed by atoms with van der Waals surface area (Å²) < 4.78 is 25.4. The van der Waals surface area contributed by atoms with Gasteiger partial charge >= 0.3 is 5.91 Å². The van der Waals surface area contributed by atoms with Crippen molar-refractivity contribution in [3.8, 4) is 11.5 Å². The number of aliphatic hydroxyl groups is 1. The van der Waals surface area contributed by atoms with E-state index in [0.29, 0.717) is 45.9 Å². The van der Waals surface area contributed by atoms with E-state index in [2.05, 4.69) is 17.1 Å². The Bertz CT molecular complexity index is 1640. The number of halogens is 1. The minimum atomic E-state index is -0.969. The predicted octanol–water partition coefficient (Wildman–Crippen LogP) is 7.56. The molecule has 1 atom stereocenters. The van der Waals surface area contributed by atoms with E-state index < -0.39 is 17.7 Å². The summed E-state index contributed by atoms with van der Waals surface area (Å²) in [4.78, 5) is 28.5. The van der Waals surface area contributed by atoms with Crippen LogP contribution in [0.2, 0.25) is 0 Å². The second kappa shape index (κ2) is 14.5. The van der Waals surface area contributed by atoms with Gasteiger partial charge in [-0.15, -0.1) is 10.2 Å². The van der Waals surface area contributed by atoms with Gasteiger partial charge in [-0.1, -0.05) is 67.1 Å². The van der Waals surface area contributed by atoms with Crippen molar-refractivity contribution in [2.75, 3.05) is 18.1 Å². The number of anilines is 1. The highest BCUT2D eigenvalue weighted by atomic mass is 32.2. The zero-order chi connectivity index (χ0) is 31.1. The van der Waals surface area contributed by atoms with Gasteiger partial charge in [0.15, 0.2) is 4.34 Å². The predicted molar refractivity (Wildman–Crippen MR) is 170 cm³/mol. The number of Topliss-reactive ketones (excluding diaryl/α,β-unsaturated/α-hetero) is 1. The lowest BCUT2D eigenvalue weighted by Crippen LogP contribution is -2.29. The maximum absolute atomic E-state index is 13.6. The molecule has 0 aliphatic carbocycles. The number of thioether (sulfide) groups is 1. The minimum absolute atomic E-state index is 0.0574. The van der Waals surface area contributed by atoms with E-state index in [1.165, 1.54) is 28.8 Å². The number of rotatable bonds is 13. The van der Waals surface area contributed by atoms with E-state index in [4.69, 9.17) is 9.47 Å². The molecule has 228 valence electrons. The van der Waals surface area contributed by atoms with Crippen LogP contribution in [0.25, 0.3) is 5.76 Å². The zero-order valence-corrected chi connectivity index (χ0v) is 26.0. The molecule has 0 saturated carbocycles. The zero-order valence-electron chi connectivity index (χ0n) is 24.4. The fourth-order valence-corrected chi connectivity index (χ4v) is 6.60. The standard InChI is InChI=1S/C33H32FN3O5S2/c1-3-5-6-18-42-26-9-7-8-23(19-26)28-27(29(38)22-12-16-25(17-13-22)41-4-2)30(39)31(40)37(28)32-35-36-33(44-32)43-20-21-10-14-24(34)15-11-21/h7-17,19,28,38H,3-6,18,20H2,1-2H3/b29-27+. The Hall–Kier alpha value is -4.22. The SMILES string of the molecule is CCCCCOc1cccc(C2/C(=C(\O)c3ccc(OCC)cc3)C(=O)C(=O)N2c2nnc(SCc3ccc(F)cc3)s2)c1. The highest BCUT2D eigenvalue weighted by molar-refractivity contribution is 8.00. The summed E-state index contributed by atoms with van der Waals surface area (Å²) in [6.07, 6.45) is 3.01. The second-order valence-corrected chi connectivity index (χ2v) is 12.2. The van der Waals surface area contributed by atoms with Crippen LogP contribution in [0.3, 0.4) is 0 Å². The van der Waals surface area contributed by atoms with E-state index in [1.54, 1.807) is 54.6 Å². The largest absolute Gasteiger partial charge is 0.507 e. The normalized spacial score (nSPS) is 16.0. The van der Waals surface area contributed by atoms with Crippen molar-refractivity contribution in [1.29, 1.82) is 0 Å². The van der Waals surface area contributed by atoms with Crippen molar-refractivity contribution >= 4 is 45.7 Å². The molecule has 1 fully saturated rings. The lowest BCUT2D eigenvalue weighted by molar-refractivity contribution is -0.132. The first-order valence-electron chi connectivity index (χ1n) is 14.4. The van der Waals surface area contributed by atoms with Crippen molar-refractivity contribution in [2.24, 2.45) is 0 Å². The first-order valence-corrected chi connectivity index (χ1v) is 16.2. The van der Waals surface area contributed by atoms with Crippen LogP contribution >= 0.6 is 23.1 Å². The molecule has 5 rings (SSSR count). The summed E-state index contributed by atoms with van der Waals surface area (Å²) in [5, 5.41) is 20.2. The van der Waals surface area contributed by atoms with Crippen molar-refractivity contribution in [2.45, 2.75) is 49.2 Å². The number of carbonyl (C=O) groups is 2. The number of ketones is 1. The quantitative estimate of drug-likeness (QED) is 0.0402. The number of aliphatic hydroxyl groups excluding tert-OH is 1. The maximum Gasteiger partial charge on any atom is 0.301 e. The summed E-state index contributed by atoms with van der Waals surface area (Å²) in [6, 6.07) is 19.1. The summed E-state index contributed by atoms with van der Waals surface area (Å²) in [5.74, 6) is -0.524. The van der Waals surface area contributed by atoms with E-state index in [-0.39, 0.29) is 22.3 Å². The Morgan fingerprint density at radius 3 is 2.48 bits per heavy atom. The Balaban J connectivity index is 1.51. The highest BCUT2D eigenvalue weighted by Crippen LogP contribution is 2.44. The Kier molecular flexibility index (Phi) is 10.3. The van der Waals surface area contributed by atoms with Gasteiger partial charge in [0, 0.05) is 11.3 Å². The molecule has 1 aromatic heterocycles. The molecule has 0 spiro atoms. The molecule has 0 radical (unpaired) electrons. The minimum Gasteiger partial charge on any atom is -0.507 e. The van der Waals surface area contributed by atoms with Gasteiger partial charge in [0.25, 0.3) is 5.78 Å². The van der Waals surface area contributed by atoms with E-state index in [9.17, 15) is 19.1 Å². The van der Waals surface area contributed by atoms with Crippen LogP contribution in [0.15, 0.2) is 82.7 Å². The molecule has 11 heteroatoms. The van der Waals surface area contributed by atoms with Crippen LogP contribution in [-0.2, 0) is 15.3 Å². The van der Waals surface area contributed by atoms with Crippen LogP contribution < -0.4 is 14.4 Å². The molecule has 3 aromatic carbocycles. The Morgan fingerprint density at radius 2 is 1.75 bits per heavy atom. The van der Waals surface area contributed by atoms with Crippen molar-refractivity contribution in [1.82, 2.24) is 10.2 Å². The number of carbonyl (C=O) groups excluding carboxylic acids is 2. The maximum atomic E-state index is 13.6. The van der Waals surface area contributed by atoms with Crippen LogP contribution in [0.5, 0.6) is 11.5 Å². The summed E-state index contributed by atoms with van der Waals surface area (Å²) >= 11 is 2.55. The first kappa shape index (κ1) is 31.2. The van der Waals surface area contributed by atoms with Crippen LogP contribution in [0.4, 0.5) is 9.52 Å². The number of nitrogens with zero attached hydrogens (tertiary/aromatic N) is 3. The number of hydrogen-bond donors (Lipinski definition) is 1. The molecule has 8 nitrogen and oxygen atoms in total. The van der Waals surface area contributed by atoms with Gasteiger partial charge in [0.2, 0.25) is 5.13 Å². The third kappa shape index (κ3) is 7.11. The number of amides is 1. The number of aromatic nitrogens is 2. The smallest absolute Gasteiger partial charge is 0.301 e. The fourth-order valence-electron chi connectivity index (χ4n) is 4.78. The molecule has 1 aliphatic heterocycles. The summed E-state index contributed by atoms with van der Waals surface area (Å²) in [5.41, 5.74) is 1.80. The molecule has 1 aliphatic rings. The average molecular weight is 634 g/mol. The van der Waals surface area contributed by atoms with Gasteiger partial charge in [-0.25, -0.2) is 4.39 Å². The van der Waals surface area contributed by atoms with Crippen LogP contribution in [0, 0.1) is 5.82 Å². The number of hydrogen-bond acceptors (Lipinski definition) is 9. The number of ether oxygens (including phenoxy) is 2. The third-order valence-electron chi connectivity index (χ3n) is 6.95. The third-order valence-corrected chi connectivity index (χ3v) is 9.08. The molecule has 44 heavy (non-hydrogen) atoms. The molecular weight excluding hydrogens is 602 g/mol. The Labute approximate surface area is 263 Å². The first-order chi connectivity index (χ1) is 21.4. The van der Waals surface area contributed by atoms with E-state index in [0.717, 1.165) is 36.2 Å². The van der Waals surface area contributed by atoms with Gasteiger partial charge in [0.05, 0.1) is 24.8 Å². The highest BCUT2D eigenvalue weighted by Gasteiger charge is 2.48. The molecule has 1 N–H and O–H groups in total. The molecule has 4 aromatic rings. The number of benzene rings is 3. The van der Waals surface area contributed by atoms with Crippen molar-refractivity contribution < 1.29 is 28.6 Å². The summed E-state index contributed by atoms with van der Waals surface area (Å²) in [7, 11) is 0. The lowest BCUT2D eigenvalue weighted by atomic mass is 9.95. The molecule has 1 saturated heterocycles. The lowest BCUT2D eigenvalue weighted by Gasteiger charge is -2.23. The molecular formula is C33H32FN3O5S2. The average Bonchev–Trinajstić information content (AvgIpc) is 3.61. The van der Waals surface area contributed by atoms with Crippen molar-refractivity contribution in [3.63, 3.8) is 0 Å². The summed E-state index contributed by atoms with van der Waals surface area (Å²) in [6.45, 7) is 5.01. The van der Waals surface area contributed by atoms with Crippen LogP contribution in [-0.4, -0.2) is 40.2 Å². The fraction of sp³-hybridized carbons (Fsp3) is 0.273. The monoisotopic (exact) mass is 633 g/mol. The van der Waals surface area contributed by atoms with Gasteiger partial charge in [-0.3, -0.25) is 14.5 Å². The van der Waals surface area contributed by atoms with Gasteiger partial charge in [-0.05, 0) is 73.0 Å². The second-order valence-electron chi connectivity index (χ2n) is 10.0. The molecule has 2 heterocycles. The van der Waals surface area contributed by atoms with Gasteiger partial charge in [-0.2, -0.15) is 0 Å².